The standard InChI is InChI=1S/C15H23NO2/c1-5-18-15(17)12(4)10-16-14-8-6-7-13(9-14)11(2)3/h6-9,11-12,16H,5,10H2,1-4H3. The molecule has 18 heavy (non-hydrogen) atoms. The van der Waals surface area contributed by atoms with Crippen LogP contribution in [0.5, 0.6) is 0 Å². The van der Waals surface area contributed by atoms with Crippen molar-refractivity contribution >= 4 is 11.7 Å². The van der Waals surface area contributed by atoms with Crippen molar-refractivity contribution in [2.45, 2.75) is 33.6 Å². The van der Waals surface area contributed by atoms with Gasteiger partial charge in [0, 0.05) is 12.2 Å². The van der Waals surface area contributed by atoms with E-state index in [9.17, 15) is 4.79 Å². The lowest BCUT2D eigenvalue weighted by molar-refractivity contribution is -0.146. The third kappa shape index (κ3) is 4.40. The minimum absolute atomic E-state index is 0.132. The number of anilines is 1. The Kier molecular flexibility index (Phi) is 5.69. The summed E-state index contributed by atoms with van der Waals surface area (Å²) in [7, 11) is 0. The highest BCUT2D eigenvalue weighted by Gasteiger charge is 2.13. The highest BCUT2D eigenvalue weighted by atomic mass is 16.5. The Morgan fingerprint density at radius 3 is 2.67 bits per heavy atom. The number of esters is 1. The molecule has 1 atom stereocenters. The second kappa shape index (κ2) is 7.04. The quantitative estimate of drug-likeness (QED) is 0.785. The Labute approximate surface area is 110 Å². The van der Waals surface area contributed by atoms with E-state index in [0.717, 1.165) is 5.69 Å². The summed E-state index contributed by atoms with van der Waals surface area (Å²) in [6, 6.07) is 8.30. The van der Waals surface area contributed by atoms with Crippen molar-refractivity contribution in [3.63, 3.8) is 0 Å². The Bertz CT molecular complexity index is 388. The average molecular weight is 249 g/mol. The SMILES string of the molecule is CCOC(=O)C(C)CNc1cccc(C(C)C)c1. The molecule has 0 aliphatic carbocycles. The highest BCUT2D eigenvalue weighted by Crippen LogP contribution is 2.18. The first-order chi connectivity index (χ1) is 8.54. The summed E-state index contributed by atoms with van der Waals surface area (Å²) >= 11 is 0. The van der Waals surface area contributed by atoms with E-state index in [-0.39, 0.29) is 11.9 Å². The molecule has 0 heterocycles. The maximum atomic E-state index is 11.5. The molecule has 0 aromatic heterocycles. The van der Waals surface area contributed by atoms with E-state index in [1.165, 1.54) is 5.56 Å². The number of ether oxygens (including phenoxy) is 1. The van der Waals surface area contributed by atoms with Crippen LogP contribution in [-0.4, -0.2) is 19.1 Å². The lowest BCUT2D eigenvalue weighted by Gasteiger charge is -2.14. The van der Waals surface area contributed by atoms with Gasteiger partial charge in [-0.2, -0.15) is 0 Å². The summed E-state index contributed by atoms with van der Waals surface area (Å²) in [6.07, 6.45) is 0. The van der Waals surface area contributed by atoms with Crippen LogP contribution in [0, 0.1) is 5.92 Å². The van der Waals surface area contributed by atoms with Gasteiger partial charge in [-0.25, -0.2) is 0 Å². The van der Waals surface area contributed by atoms with Crippen molar-refractivity contribution < 1.29 is 9.53 Å². The maximum Gasteiger partial charge on any atom is 0.310 e. The number of benzene rings is 1. The second-order valence-electron chi connectivity index (χ2n) is 4.81. The van der Waals surface area contributed by atoms with Gasteiger partial charge in [0.25, 0.3) is 0 Å². The molecular formula is C15H23NO2. The van der Waals surface area contributed by atoms with E-state index >= 15 is 0 Å². The van der Waals surface area contributed by atoms with E-state index in [0.29, 0.717) is 19.1 Å². The molecule has 0 aliphatic rings. The van der Waals surface area contributed by atoms with Crippen LogP contribution in [0.4, 0.5) is 5.69 Å². The van der Waals surface area contributed by atoms with Crippen molar-refractivity contribution in [1.82, 2.24) is 0 Å². The molecule has 1 rings (SSSR count). The molecule has 3 nitrogen and oxygen atoms in total. The summed E-state index contributed by atoms with van der Waals surface area (Å²) in [4.78, 5) is 11.5. The molecule has 1 aromatic rings. The van der Waals surface area contributed by atoms with Crippen LogP contribution in [-0.2, 0) is 9.53 Å². The fourth-order valence-electron chi connectivity index (χ4n) is 1.65. The number of carbonyl (C=O) groups excluding carboxylic acids is 1. The van der Waals surface area contributed by atoms with Crippen molar-refractivity contribution in [2.24, 2.45) is 5.92 Å². The van der Waals surface area contributed by atoms with Crippen LogP contribution in [0.2, 0.25) is 0 Å². The van der Waals surface area contributed by atoms with Crippen molar-refractivity contribution in [3.05, 3.63) is 29.8 Å². The molecule has 3 heteroatoms. The first-order valence-electron chi connectivity index (χ1n) is 6.55. The van der Waals surface area contributed by atoms with Gasteiger partial charge in [-0.15, -0.1) is 0 Å². The number of hydrogen-bond donors (Lipinski definition) is 1. The Morgan fingerprint density at radius 2 is 2.06 bits per heavy atom. The molecule has 1 N–H and O–H groups in total. The van der Waals surface area contributed by atoms with Gasteiger partial charge in [-0.1, -0.05) is 32.9 Å². The predicted molar refractivity (Wildman–Crippen MR) is 74.8 cm³/mol. The van der Waals surface area contributed by atoms with Gasteiger partial charge >= 0.3 is 5.97 Å². The Hall–Kier alpha value is -1.51. The molecule has 0 saturated heterocycles. The molecular weight excluding hydrogens is 226 g/mol. The summed E-state index contributed by atoms with van der Waals surface area (Å²) in [5, 5.41) is 3.28. The Balaban J connectivity index is 2.53. The molecule has 0 amide bonds. The first-order valence-corrected chi connectivity index (χ1v) is 6.55. The molecule has 0 radical (unpaired) electrons. The molecule has 100 valence electrons. The van der Waals surface area contributed by atoms with E-state index in [2.05, 4.69) is 31.3 Å². The third-order valence-corrected chi connectivity index (χ3v) is 2.85. The Morgan fingerprint density at radius 1 is 1.33 bits per heavy atom. The van der Waals surface area contributed by atoms with Crippen LogP contribution in [0.1, 0.15) is 39.2 Å². The molecule has 0 spiro atoms. The van der Waals surface area contributed by atoms with Gasteiger partial charge in [0.05, 0.1) is 12.5 Å². The van der Waals surface area contributed by atoms with Gasteiger partial charge in [0.15, 0.2) is 0 Å². The van der Waals surface area contributed by atoms with Crippen LogP contribution in [0.15, 0.2) is 24.3 Å². The first kappa shape index (κ1) is 14.6. The monoisotopic (exact) mass is 249 g/mol. The van der Waals surface area contributed by atoms with E-state index in [4.69, 9.17) is 4.74 Å². The normalized spacial score (nSPS) is 12.3. The number of nitrogens with one attached hydrogen (secondary N) is 1. The molecule has 0 bridgehead atoms. The van der Waals surface area contributed by atoms with Gasteiger partial charge in [0.1, 0.15) is 0 Å². The average Bonchev–Trinajstić information content (AvgIpc) is 2.36. The summed E-state index contributed by atoms with van der Waals surface area (Å²) in [6.45, 7) is 9.06. The molecule has 0 saturated carbocycles. The third-order valence-electron chi connectivity index (χ3n) is 2.85. The zero-order chi connectivity index (χ0) is 13.5. The maximum absolute atomic E-state index is 11.5. The van der Waals surface area contributed by atoms with E-state index < -0.39 is 0 Å². The van der Waals surface area contributed by atoms with Gasteiger partial charge in [-0.05, 0) is 30.5 Å². The van der Waals surface area contributed by atoms with Gasteiger partial charge in [-0.3, -0.25) is 4.79 Å². The van der Waals surface area contributed by atoms with E-state index in [1.807, 2.05) is 26.0 Å². The highest BCUT2D eigenvalue weighted by molar-refractivity contribution is 5.72. The lowest BCUT2D eigenvalue weighted by atomic mass is 10.0. The van der Waals surface area contributed by atoms with Crippen molar-refractivity contribution in [3.8, 4) is 0 Å². The fourth-order valence-corrected chi connectivity index (χ4v) is 1.65. The molecule has 1 unspecified atom stereocenters. The van der Waals surface area contributed by atoms with Crippen LogP contribution >= 0.6 is 0 Å². The zero-order valence-corrected chi connectivity index (χ0v) is 11.7. The number of hydrogen-bond acceptors (Lipinski definition) is 3. The predicted octanol–water partition coefficient (Wildman–Crippen LogP) is 3.42. The summed E-state index contributed by atoms with van der Waals surface area (Å²) in [5.41, 5.74) is 2.35. The van der Waals surface area contributed by atoms with E-state index in [1.54, 1.807) is 0 Å². The van der Waals surface area contributed by atoms with Crippen molar-refractivity contribution in [1.29, 1.82) is 0 Å². The minimum Gasteiger partial charge on any atom is -0.466 e. The molecule has 1 aromatic carbocycles. The van der Waals surface area contributed by atoms with Crippen LogP contribution < -0.4 is 5.32 Å². The van der Waals surface area contributed by atoms with Gasteiger partial charge in [0.2, 0.25) is 0 Å². The number of carbonyl (C=O) groups is 1. The molecule has 0 fully saturated rings. The number of rotatable bonds is 6. The summed E-state index contributed by atoms with van der Waals surface area (Å²) < 4.78 is 4.98. The largest absolute Gasteiger partial charge is 0.466 e. The summed E-state index contributed by atoms with van der Waals surface area (Å²) in [5.74, 6) is 0.229. The second-order valence-corrected chi connectivity index (χ2v) is 4.81. The molecule has 0 aliphatic heterocycles. The smallest absolute Gasteiger partial charge is 0.310 e. The topological polar surface area (TPSA) is 38.3 Å². The lowest BCUT2D eigenvalue weighted by Crippen LogP contribution is -2.22. The van der Waals surface area contributed by atoms with Crippen molar-refractivity contribution in [2.75, 3.05) is 18.5 Å². The minimum atomic E-state index is -0.148. The fraction of sp³-hybridized carbons (Fsp3) is 0.533. The van der Waals surface area contributed by atoms with Gasteiger partial charge < -0.3 is 10.1 Å². The zero-order valence-electron chi connectivity index (χ0n) is 11.7. The van der Waals surface area contributed by atoms with Crippen LogP contribution in [0.25, 0.3) is 0 Å². The van der Waals surface area contributed by atoms with Crippen LogP contribution in [0.3, 0.4) is 0 Å².